The van der Waals surface area contributed by atoms with Crippen molar-refractivity contribution in [3.05, 3.63) is 83.9 Å². The van der Waals surface area contributed by atoms with E-state index < -0.39 is 5.97 Å². The molecule has 24 heavy (non-hydrogen) atoms. The lowest BCUT2D eigenvalue weighted by Crippen LogP contribution is -2.00. The van der Waals surface area contributed by atoms with E-state index in [1.54, 1.807) is 6.07 Å². The third kappa shape index (κ3) is 2.33. The second kappa shape index (κ2) is 5.50. The van der Waals surface area contributed by atoms with Gasteiger partial charge in [-0.05, 0) is 63.4 Å². The molecule has 0 aromatic heterocycles. The third-order valence-electron chi connectivity index (χ3n) is 4.50. The van der Waals surface area contributed by atoms with Gasteiger partial charge in [-0.1, -0.05) is 54.6 Å². The van der Waals surface area contributed by atoms with Gasteiger partial charge in [-0.3, -0.25) is 0 Å². The minimum atomic E-state index is -0.900. The maximum atomic E-state index is 11.8. The lowest BCUT2D eigenvalue weighted by atomic mass is 9.91. The van der Waals surface area contributed by atoms with Gasteiger partial charge in [0.1, 0.15) is 0 Å². The van der Waals surface area contributed by atoms with Crippen molar-refractivity contribution in [2.45, 2.75) is 6.92 Å². The highest BCUT2D eigenvalue weighted by Crippen LogP contribution is 2.33. The quantitative estimate of drug-likeness (QED) is 0.518. The molecule has 4 rings (SSSR count). The summed E-state index contributed by atoms with van der Waals surface area (Å²) in [5.74, 6) is -0.900. The molecule has 4 aromatic carbocycles. The Kier molecular flexibility index (Phi) is 3.31. The fourth-order valence-electron chi connectivity index (χ4n) is 3.28. The molecule has 2 heteroatoms. The molecule has 4 aromatic rings. The van der Waals surface area contributed by atoms with E-state index in [-0.39, 0.29) is 0 Å². The first kappa shape index (κ1) is 14.5. The van der Waals surface area contributed by atoms with E-state index in [0.717, 1.165) is 38.2 Å². The summed E-state index contributed by atoms with van der Waals surface area (Å²) in [5, 5.41) is 14.0. The summed E-state index contributed by atoms with van der Waals surface area (Å²) < 4.78 is 0. The van der Waals surface area contributed by atoms with Crippen molar-refractivity contribution in [2.75, 3.05) is 0 Å². The monoisotopic (exact) mass is 312 g/mol. The molecule has 116 valence electrons. The van der Waals surface area contributed by atoms with Crippen molar-refractivity contribution < 1.29 is 9.90 Å². The van der Waals surface area contributed by atoms with Crippen molar-refractivity contribution in [2.24, 2.45) is 0 Å². The highest BCUT2D eigenvalue weighted by molar-refractivity contribution is 6.04. The predicted molar refractivity (Wildman–Crippen MR) is 98.6 cm³/mol. The number of carboxylic acid groups (broad SMARTS) is 1. The first-order valence-corrected chi connectivity index (χ1v) is 7.89. The van der Waals surface area contributed by atoms with Crippen LogP contribution in [0, 0.1) is 6.92 Å². The van der Waals surface area contributed by atoms with Crippen LogP contribution in [0.3, 0.4) is 0 Å². The summed E-state index contributed by atoms with van der Waals surface area (Å²) in [6.45, 7) is 2.03. The van der Waals surface area contributed by atoms with Crippen LogP contribution in [0.5, 0.6) is 0 Å². The molecule has 2 nitrogen and oxygen atoms in total. The molecule has 0 heterocycles. The van der Waals surface area contributed by atoms with Crippen LogP contribution >= 0.6 is 0 Å². The fraction of sp³-hybridized carbons (Fsp3) is 0.0455. The van der Waals surface area contributed by atoms with Crippen LogP contribution in [0.4, 0.5) is 0 Å². The number of carbonyl (C=O) groups is 1. The molecule has 0 unspecified atom stereocenters. The topological polar surface area (TPSA) is 37.3 Å². The van der Waals surface area contributed by atoms with Crippen LogP contribution in [0.25, 0.3) is 32.7 Å². The number of aromatic carboxylic acids is 1. The van der Waals surface area contributed by atoms with E-state index in [1.165, 1.54) is 0 Å². The average molecular weight is 312 g/mol. The zero-order chi connectivity index (χ0) is 16.7. The third-order valence-corrected chi connectivity index (χ3v) is 4.50. The molecule has 0 saturated carbocycles. The number of hydrogen-bond donors (Lipinski definition) is 1. The van der Waals surface area contributed by atoms with Crippen molar-refractivity contribution in [1.82, 2.24) is 0 Å². The Hall–Kier alpha value is -3.13. The zero-order valence-electron chi connectivity index (χ0n) is 13.3. The molecule has 0 atom stereocenters. The number of hydrogen-bond acceptors (Lipinski definition) is 1. The average Bonchev–Trinajstić information content (AvgIpc) is 2.60. The van der Waals surface area contributed by atoms with Crippen molar-refractivity contribution in [3.8, 4) is 11.1 Å². The van der Waals surface area contributed by atoms with Gasteiger partial charge in [-0.25, -0.2) is 4.79 Å². The molecule has 0 spiro atoms. The molecule has 0 amide bonds. The molecular formula is C22H16O2. The van der Waals surface area contributed by atoms with Gasteiger partial charge < -0.3 is 5.11 Å². The van der Waals surface area contributed by atoms with Crippen molar-refractivity contribution in [1.29, 1.82) is 0 Å². The Morgan fingerprint density at radius 3 is 1.71 bits per heavy atom. The van der Waals surface area contributed by atoms with E-state index in [0.29, 0.717) is 5.56 Å². The maximum Gasteiger partial charge on any atom is 0.336 e. The largest absolute Gasteiger partial charge is 0.478 e. The number of aryl methyl sites for hydroxylation is 1. The summed E-state index contributed by atoms with van der Waals surface area (Å²) in [6.07, 6.45) is 0. The second-order valence-corrected chi connectivity index (χ2v) is 6.06. The molecule has 0 aliphatic carbocycles. The SMILES string of the molecule is Cc1cc2ccccc2cc1-c1cc2ccccc2cc1C(=O)O. The summed E-state index contributed by atoms with van der Waals surface area (Å²) >= 11 is 0. The minimum Gasteiger partial charge on any atom is -0.478 e. The van der Waals surface area contributed by atoms with Crippen LogP contribution < -0.4 is 0 Å². The van der Waals surface area contributed by atoms with Gasteiger partial charge >= 0.3 is 5.97 Å². The Labute approximate surface area is 140 Å². The van der Waals surface area contributed by atoms with Crippen LogP contribution in [-0.2, 0) is 0 Å². The smallest absolute Gasteiger partial charge is 0.336 e. The summed E-state index contributed by atoms with van der Waals surface area (Å²) in [5.41, 5.74) is 3.15. The number of fused-ring (bicyclic) bond motifs is 2. The molecule has 0 radical (unpaired) electrons. The standard InChI is InChI=1S/C22H16O2/c1-14-10-15-6-2-3-7-16(15)11-19(14)20-12-17-8-4-5-9-18(17)13-21(20)22(23)24/h2-13H,1H3,(H,23,24). The predicted octanol–water partition coefficient (Wildman–Crippen LogP) is 5.67. The fourth-order valence-corrected chi connectivity index (χ4v) is 3.28. The highest BCUT2D eigenvalue weighted by Gasteiger charge is 2.15. The van der Waals surface area contributed by atoms with E-state index >= 15 is 0 Å². The normalized spacial score (nSPS) is 11.0. The Bertz CT molecular complexity index is 1090. The van der Waals surface area contributed by atoms with Gasteiger partial charge in [0, 0.05) is 0 Å². The van der Waals surface area contributed by atoms with E-state index in [4.69, 9.17) is 0 Å². The number of rotatable bonds is 2. The van der Waals surface area contributed by atoms with Crippen molar-refractivity contribution in [3.63, 3.8) is 0 Å². The number of benzene rings is 4. The van der Waals surface area contributed by atoms with E-state index in [1.807, 2.05) is 49.4 Å². The van der Waals surface area contributed by atoms with Gasteiger partial charge in [0.05, 0.1) is 5.56 Å². The molecule has 0 fully saturated rings. The van der Waals surface area contributed by atoms with Gasteiger partial charge in [0.2, 0.25) is 0 Å². The van der Waals surface area contributed by atoms with Gasteiger partial charge in [-0.2, -0.15) is 0 Å². The molecular weight excluding hydrogens is 296 g/mol. The Morgan fingerprint density at radius 1 is 0.708 bits per heavy atom. The molecule has 0 bridgehead atoms. The lowest BCUT2D eigenvalue weighted by Gasteiger charge is -2.13. The molecule has 0 aliphatic rings. The van der Waals surface area contributed by atoms with E-state index in [2.05, 4.69) is 24.3 Å². The first-order chi connectivity index (χ1) is 11.6. The zero-order valence-corrected chi connectivity index (χ0v) is 13.3. The second-order valence-electron chi connectivity index (χ2n) is 6.06. The number of carboxylic acids is 1. The molecule has 0 aliphatic heterocycles. The highest BCUT2D eigenvalue weighted by atomic mass is 16.4. The molecule has 0 saturated heterocycles. The van der Waals surface area contributed by atoms with Crippen LogP contribution in [0.2, 0.25) is 0 Å². The van der Waals surface area contributed by atoms with Crippen LogP contribution in [0.15, 0.2) is 72.8 Å². The maximum absolute atomic E-state index is 11.8. The molecule has 1 N–H and O–H groups in total. The van der Waals surface area contributed by atoms with Gasteiger partial charge in [0.15, 0.2) is 0 Å². The van der Waals surface area contributed by atoms with Gasteiger partial charge in [-0.15, -0.1) is 0 Å². The summed E-state index contributed by atoms with van der Waals surface area (Å²) in [4.78, 5) is 11.8. The first-order valence-electron chi connectivity index (χ1n) is 7.89. The summed E-state index contributed by atoms with van der Waals surface area (Å²) in [7, 11) is 0. The van der Waals surface area contributed by atoms with Crippen molar-refractivity contribution >= 4 is 27.5 Å². The summed E-state index contributed by atoms with van der Waals surface area (Å²) in [6, 6.07) is 23.9. The van der Waals surface area contributed by atoms with Gasteiger partial charge in [0.25, 0.3) is 0 Å². The lowest BCUT2D eigenvalue weighted by molar-refractivity contribution is 0.0698. The van der Waals surface area contributed by atoms with E-state index in [9.17, 15) is 9.90 Å². The Morgan fingerprint density at radius 2 is 1.17 bits per heavy atom. The van der Waals surface area contributed by atoms with Crippen LogP contribution in [0.1, 0.15) is 15.9 Å². The van der Waals surface area contributed by atoms with Crippen LogP contribution in [-0.4, -0.2) is 11.1 Å². The minimum absolute atomic E-state index is 0.340. The Balaban J connectivity index is 2.06.